The fourth-order valence-electron chi connectivity index (χ4n) is 2.37. The maximum absolute atomic E-state index is 11.8. The predicted octanol–water partition coefficient (Wildman–Crippen LogP) is 0.848. The van der Waals surface area contributed by atoms with E-state index < -0.39 is 10.0 Å². The maximum Gasteiger partial charge on any atom is 0.211 e. The molecule has 16 heavy (non-hydrogen) atoms. The molecule has 0 bridgehead atoms. The topological polar surface area (TPSA) is 58.2 Å². The van der Waals surface area contributed by atoms with Crippen LogP contribution in [0.3, 0.4) is 0 Å². The van der Waals surface area contributed by atoms with Gasteiger partial charge in [-0.3, -0.25) is 0 Å². The highest BCUT2D eigenvalue weighted by molar-refractivity contribution is 7.89. The monoisotopic (exact) mass is 246 g/mol. The van der Waals surface area contributed by atoms with E-state index in [0.29, 0.717) is 11.7 Å². The minimum Gasteiger partial charge on any atom is -0.315 e. The lowest BCUT2D eigenvalue weighted by atomic mass is 9.84. The van der Waals surface area contributed by atoms with Gasteiger partial charge in [0.05, 0.1) is 5.75 Å². The Morgan fingerprint density at radius 3 is 2.56 bits per heavy atom. The molecule has 4 nitrogen and oxygen atoms in total. The van der Waals surface area contributed by atoms with Crippen LogP contribution in [0.25, 0.3) is 0 Å². The lowest BCUT2D eigenvalue weighted by molar-refractivity contribution is 0.307. The summed E-state index contributed by atoms with van der Waals surface area (Å²) in [5, 5.41) is 3.22. The molecule has 0 aromatic carbocycles. The van der Waals surface area contributed by atoms with Gasteiger partial charge >= 0.3 is 0 Å². The van der Waals surface area contributed by atoms with Gasteiger partial charge in [-0.05, 0) is 31.7 Å². The molecular formula is C11H22N2O2S. The van der Waals surface area contributed by atoms with Crippen molar-refractivity contribution in [2.45, 2.75) is 44.6 Å². The van der Waals surface area contributed by atoms with Crippen molar-refractivity contribution in [1.82, 2.24) is 10.0 Å². The molecule has 5 heteroatoms. The summed E-state index contributed by atoms with van der Waals surface area (Å²) in [5.74, 6) is 0.981. The van der Waals surface area contributed by atoms with Gasteiger partial charge in [0.2, 0.25) is 10.0 Å². The number of hydrogen-bond acceptors (Lipinski definition) is 3. The van der Waals surface area contributed by atoms with Crippen molar-refractivity contribution in [2.24, 2.45) is 5.92 Å². The van der Waals surface area contributed by atoms with Gasteiger partial charge in [-0.2, -0.15) is 0 Å². The van der Waals surface area contributed by atoms with Gasteiger partial charge in [-0.25, -0.2) is 13.1 Å². The maximum atomic E-state index is 11.8. The Bertz CT molecular complexity index is 306. The van der Waals surface area contributed by atoms with E-state index in [0.717, 1.165) is 32.4 Å². The van der Waals surface area contributed by atoms with E-state index in [1.54, 1.807) is 0 Å². The molecule has 0 spiro atoms. The zero-order chi connectivity index (χ0) is 11.4. The van der Waals surface area contributed by atoms with Gasteiger partial charge in [0.25, 0.3) is 0 Å². The first-order valence-electron chi connectivity index (χ1n) is 6.36. The number of nitrogens with one attached hydrogen (secondary N) is 2. The SMILES string of the molecule is O=S(=O)(CCC1CCC1)NC1CCCNC1. The van der Waals surface area contributed by atoms with Crippen LogP contribution in [0.4, 0.5) is 0 Å². The van der Waals surface area contributed by atoms with Crippen molar-refractivity contribution in [1.29, 1.82) is 0 Å². The summed E-state index contributed by atoms with van der Waals surface area (Å²) in [5.41, 5.74) is 0. The molecular weight excluding hydrogens is 224 g/mol. The molecule has 0 aromatic rings. The van der Waals surface area contributed by atoms with Crippen molar-refractivity contribution < 1.29 is 8.42 Å². The quantitative estimate of drug-likeness (QED) is 0.756. The molecule has 2 rings (SSSR count). The van der Waals surface area contributed by atoms with E-state index in [9.17, 15) is 8.42 Å². The molecule has 2 fully saturated rings. The Kier molecular flexibility index (Phi) is 4.21. The van der Waals surface area contributed by atoms with Crippen molar-refractivity contribution >= 4 is 10.0 Å². The first-order valence-corrected chi connectivity index (χ1v) is 8.02. The molecule has 94 valence electrons. The lowest BCUT2D eigenvalue weighted by Crippen LogP contribution is -2.46. The van der Waals surface area contributed by atoms with E-state index in [1.165, 1.54) is 19.3 Å². The number of sulfonamides is 1. The van der Waals surface area contributed by atoms with Gasteiger partial charge in [0.1, 0.15) is 0 Å². The molecule has 1 saturated heterocycles. The molecule has 1 saturated carbocycles. The first kappa shape index (κ1) is 12.3. The van der Waals surface area contributed by atoms with Crippen LogP contribution >= 0.6 is 0 Å². The molecule has 2 aliphatic rings. The zero-order valence-corrected chi connectivity index (χ0v) is 10.6. The number of piperidine rings is 1. The van der Waals surface area contributed by atoms with Crippen molar-refractivity contribution in [3.63, 3.8) is 0 Å². The largest absolute Gasteiger partial charge is 0.315 e. The van der Waals surface area contributed by atoms with Crippen LogP contribution in [-0.4, -0.2) is 33.3 Å². The first-order chi connectivity index (χ1) is 7.66. The van der Waals surface area contributed by atoms with Gasteiger partial charge in [-0.1, -0.05) is 19.3 Å². The molecule has 2 N–H and O–H groups in total. The van der Waals surface area contributed by atoms with E-state index in [-0.39, 0.29) is 6.04 Å². The van der Waals surface area contributed by atoms with Crippen molar-refractivity contribution in [2.75, 3.05) is 18.8 Å². The zero-order valence-electron chi connectivity index (χ0n) is 9.74. The lowest BCUT2D eigenvalue weighted by Gasteiger charge is -2.26. The molecule has 1 aliphatic carbocycles. The van der Waals surface area contributed by atoms with Crippen molar-refractivity contribution in [3.05, 3.63) is 0 Å². The average molecular weight is 246 g/mol. The molecule has 0 amide bonds. The van der Waals surface area contributed by atoms with Gasteiger partial charge in [0.15, 0.2) is 0 Å². The second kappa shape index (κ2) is 5.47. The predicted molar refractivity (Wildman–Crippen MR) is 64.8 cm³/mol. The third-order valence-electron chi connectivity index (χ3n) is 3.66. The molecule has 1 heterocycles. The minimum atomic E-state index is -3.04. The third-order valence-corrected chi connectivity index (χ3v) is 5.13. The standard InChI is InChI=1S/C11H22N2O2S/c14-16(15,8-6-10-3-1-4-10)13-11-5-2-7-12-9-11/h10-13H,1-9H2. The van der Waals surface area contributed by atoms with E-state index in [1.807, 2.05) is 0 Å². The molecule has 1 atom stereocenters. The summed E-state index contributed by atoms with van der Waals surface area (Å²) < 4.78 is 26.4. The average Bonchev–Trinajstić information content (AvgIpc) is 2.15. The van der Waals surface area contributed by atoms with Crippen LogP contribution in [-0.2, 0) is 10.0 Å². The summed E-state index contributed by atoms with van der Waals surface area (Å²) in [4.78, 5) is 0. The van der Waals surface area contributed by atoms with E-state index >= 15 is 0 Å². The minimum absolute atomic E-state index is 0.111. The second-order valence-corrected chi connectivity index (χ2v) is 6.94. The Labute approximate surface area is 98.2 Å². The Hall–Kier alpha value is -0.130. The summed E-state index contributed by atoms with van der Waals surface area (Å²) in [6, 6.07) is 0.111. The Morgan fingerprint density at radius 1 is 1.19 bits per heavy atom. The van der Waals surface area contributed by atoms with Crippen LogP contribution in [0.15, 0.2) is 0 Å². The van der Waals surface area contributed by atoms with Crippen LogP contribution in [0.2, 0.25) is 0 Å². The highest BCUT2D eigenvalue weighted by Gasteiger charge is 2.23. The van der Waals surface area contributed by atoms with E-state index in [4.69, 9.17) is 0 Å². The van der Waals surface area contributed by atoms with Crippen LogP contribution in [0.5, 0.6) is 0 Å². The molecule has 1 aliphatic heterocycles. The summed E-state index contributed by atoms with van der Waals surface area (Å²) in [6.07, 6.45) is 6.60. The van der Waals surface area contributed by atoms with Crippen LogP contribution in [0.1, 0.15) is 38.5 Å². The Balaban J connectivity index is 1.72. The van der Waals surface area contributed by atoms with E-state index in [2.05, 4.69) is 10.0 Å². The van der Waals surface area contributed by atoms with Gasteiger partial charge < -0.3 is 5.32 Å². The molecule has 1 unspecified atom stereocenters. The smallest absolute Gasteiger partial charge is 0.211 e. The fourth-order valence-corrected chi connectivity index (χ4v) is 3.84. The molecule has 0 radical (unpaired) electrons. The highest BCUT2D eigenvalue weighted by Crippen LogP contribution is 2.29. The summed E-state index contributed by atoms with van der Waals surface area (Å²) in [7, 11) is -3.04. The number of hydrogen-bond donors (Lipinski definition) is 2. The Morgan fingerprint density at radius 2 is 2.00 bits per heavy atom. The third kappa shape index (κ3) is 3.71. The molecule has 0 aromatic heterocycles. The normalized spacial score (nSPS) is 27.6. The summed E-state index contributed by atoms with van der Waals surface area (Å²) in [6.45, 7) is 1.79. The van der Waals surface area contributed by atoms with Gasteiger partial charge in [0, 0.05) is 12.6 Å². The number of rotatable bonds is 5. The van der Waals surface area contributed by atoms with Crippen LogP contribution in [0, 0.1) is 5.92 Å². The van der Waals surface area contributed by atoms with Crippen LogP contribution < -0.4 is 10.0 Å². The van der Waals surface area contributed by atoms with Crippen molar-refractivity contribution in [3.8, 4) is 0 Å². The second-order valence-electron chi connectivity index (χ2n) is 5.07. The van der Waals surface area contributed by atoms with Gasteiger partial charge in [-0.15, -0.1) is 0 Å². The highest BCUT2D eigenvalue weighted by atomic mass is 32.2. The summed E-state index contributed by atoms with van der Waals surface area (Å²) >= 11 is 0. The fraction of sp³-hybridized carbons (Fsp3) is 1.00.